The molecule has 112 valence electrons. The van der Waals surface area contributed by atoms with Crippen LogP contribution in [0, 0.1) is 5.41 Å². The maximum Gasteiger partial charge on any atom is 0.0367 e. The van der Waals surface area contributed by atoms with Crippen LogP contribution in [0.3, 0.4) is 0 Å². The van der Waals surface area contributed by atoms with Gasteiger partial charge in [0.1, 0.15) is 0 Å². The van der Waals surface area contributed by atoms with Gasteiger partial charge in [0.25, 0.3) is 0 Å². The monoisotopic (exact) mass is 266 g/mol. The molecule has 2 rings (SSSR count). The van der Waals surface area contributed by atoms with Crippen LogP contribution in [0.15, 0.2) is 0 Å². The normalized spacial score (nSPS) is 26.5. The maximum absolute atomic E-state index is 3.86. The summed E-state index contributed by atoms with van der Waals surface area (Å²) in [4.78, 5) is 2.86. The van der Waals surface area contributed by atoms with Gasteiger partial charge in [-0.15, -0.1) is 0 Å². The maximum atomic E-state index is 3.86. The molecular weight excluding hydrogens is 232 g/mol. The van der Waals surface area contributed by atoms with Crippen molar-refractivity contribution in [3.63, 3.8) is 0 Å². The molecule has 0 radical (unpaired) electrons. The second-order valence-corrected chi connectivity index (χ2v) is 7.72. The fourth-order valence-electron chi connectivity index (χ4n) is 4.62. The molecular formula is C17H34N2. The van der Waals surface area contributed by atoms with Crippen molar-refractivity contribution < 1.29 is 0 Å². The molecule has 2 heteroatoms. The predicted octanol–water partition coefficient (Wildman–Crippen LogP) is 3.81. The van der Waals surface area contributed by atoms with Crippen LogP contribution >= 0.6 is 0 Å². The van der Waals surface area contributed by atoms with Gasteiger partial charge >= 0.3 is 0 Å². The molecule has 0 spiro atoms. The molecule has 2 fully saturated rings. The van der Waals surface area contributed by atoms with E-state index in [0.29, 0.717) is 17.0 Å². The first-order valence-electron chi connectivity index (χ1n) is 8.49. The van der Waals surface area contributed by atoms with E-state index >= 15 is 0 Å². The van der Waals surface area contributed by atoms with E-state index < -0.39 is 0 Å². The Morgan fingerprint density at radius 3 is 2.05 bits per heavy atom. The van der Waals surface area contributed by atoms with Gasteiger partial charge in [-0.3, -0.25) is 4.90 Å². The zero-order chi connectivity index (χ0) is 13.9. The number of likely N-dealkylation sites (tertiary alicyclic amines) is 1. The third-order valence-corrected chi connectivity index (χ3v) is 5.27. The van der Waals surface area contributed by atoms with Gasteiger partial charge in [0, 0.05) is 11.6 Å². The van der Waals surface area contributed by atoms with Gasteiger partial charge in [-0.25, -0.2) is 0 Å². The predicted molar refractivity (Wildman–Crippen MR) is 83.5 cm³/mol. The quantitative estimate of drug-likeness (QED) is 0.832. The Balaban J connectivity index is 2.25. The SMILES string of the molecule is CCNC(C(C)(C)C)C1(N2CCCCC2)CCCC1. The summed E-state index contributed by atoms with van der Waals surface area (Å²) < 4.78 is 0. The van der Waals surface area contributed by atoms with Crippen LogP contribution in [0.2, 0.25) is 0 Å². The molecule has 0 aromatic rings. The Kier molecular flexibility index (Phi) is 4.94. The molecule has 0 aromatic heterocycles. The van der Waals surface area contributed by atoms with Crippen molar-refractivity contribution in [3.8, 4) is 0 Å². The van der Waals surface area contributed by atoms with E-state index in [1.807, 2.05) is 0 Å². The minimum atomic E-state index is 0.345. The number of nitrogens with zero attached hydrogens (tertiary/aromatic N) is 1. The number of likely N-dealkylation sites (N-methyl/N-ethyl adjacent to an activating group) is 1. The third-order valence-electron chi connectivity index (χ3n) is 5.27. The van der Waals surface area contributed by atoms with Gasteiger partial charge in [0.2, 0.25) is 0 Å². The Morgan fingerprint density at radius 2 is 1.58 bits per heavy atom. The summed E-state index contributed by atoms with van der Waals surface area (Å²) >= 11 is 0. The second-order valence-electron chi connectivity index (χ2n) is 7.72. The highest BCUT2D eigenvalue weighted by Gasteiger charge is 2.49. The van der Waals surface area contributed by atoms with Crippen LogP contribution < -0.4 is 5.32 Å². The molecule has 19 heavy (non-hydrogen) atoms. The highest BCUT2D eigenvalue weighted by atomic mass is 15.2. The highest BCUT2D eigenvalue weighted by Crippen LogP contribution is 2.44. The zero-order valence-corrected chi connectivity index (χ0v) is 13.6. The van der Waals surface area contributed by atoms with E-state index in [2.05, 4.69) is 37.9 Å². The molecule has 1 atom stereocenters. The molecule has 1 heterocycles. The van der Waals surface area contributed by atoms with Crippen molar-refractivity contribution in [2.24, 2.45) is 5.41 Å². The van der Waals surface area contributed by atoms with E-state index in [1.165, 1.54) is 58.0 Å². The minimum Gasteiger partial charge on any atom is -0.312 e. The third kappa shape index (κ3) is 3.16. The van der Waals surface area contributed by atoms with Crippen LogP contribution in [0.5, 0.6) is 0 Å². The van der Waals surface area contributed by atoms with Crippen LogP contribution in [-0.2, 0) is 0 Å². The summed E-state index contributed by atoms with van der Waals surface area (Å²) in [6.07, 6.45) is 9.91. The molecule has 0 aromatic carbocycles. The van der Waals surface area contributed by atoms with E-state index in [1.54, 1.807) is 0 Å². The van der Waals surface area contributed by atoms with Crippen LogP contribution in [0.1, 0.15) is 72.6 Å². The number of hydrogen-bond acceptors (Lipinski definition) is 2. The van der Waals surface area contributed by atoms with Crippen molar-refractivity contribution in [2.75, 3.05) is 19.6 Å². The lowest BCUT2D eigenvalue weighted by Gasteiger charge is -2.53. The molecule has 1 saturated heterocycles. The fraction of sp³-hybridized carbons (Fsp3) is 1.00. The van der Waals surface area contributed by atoms with Gasteiger partial charge in [-0.05, 0) is 50.7 Å². The Hall–Kier alpha value is -0.0800. The molecule has 2 nitrogen and oxygen atoms in total. The standard InChI is InChI=1S/C17H34N2/c1-5-18-15(16(2,3)4)17(11-7-8-12-17)19-13-9-6-10-14-19/h15,18H,5-14H2,1-4H3. The molecule has 1 saturated carbocycles. The first-order chi connectivity index (χ1) is 9.00. The van der Waals surface area contributed by atoms with Crippen molar-refractivity contribution in [1.82, 2.24) is 10.2 Å². The lowest BCUT2D eigenvalue weighted by Crippen LogP contribution is -2.65. The molecule has 1 N–H and O–H groups in total. The lowest BCUT2D eigenvalue weighted by molar-refractivity contribution is 0.000576. The summed E-state index contributed by atoms with van der Waals surface area (Å²) in [7, 11) is 0. The Bertz CT molecular complexity index is 267. The van der Waals surface area contributed by atoms with Crippen LogP contribution in [0.4, 0.5) is 0 Å². The minimum absolute atomic E-state index is 0.345. The largest absolute Gasteiger partial charge is 0.312 e. The average molecular weight is 266 g/mol. The van der Waals surface area contributed by atoms with Crippen molar-refractivity contribution in [2.45, 2.75) is 84.2 Å². The fourth-order valence-corrected chi connectivity index (χ4v) is 4.62. The Morgan fingerprint density at radius 1 is 1.00 bits per heavy atom. The molecule has 1 aliphatic carbocycles. The van der Waals surface area contributed by atoms with Gasteiger partial charge in [-0.1, -0.05) is 47.0 Å². The van der Waals surface area contributed by atoms with Crippen molar-refractivity contribution in [1.29, 1.82) is 0 Å². The summed E-state index contributed by atoms with van der Waals surface area (Å²) in [5.41, 5.74) is 0.784. The van der Waals surface area contributed by atoms with E-state index in [4.69, 9.17) is 0 Å². The topological polar surface area (TPSA) is 15.3 Å². The zero-order valence-electron chi connectivity index (χ0n) is 13.6. The Labute approximate surface area is 120 Å². The molecule has 1 aliphatic heterocycles. The smallest absolute Gasteiger partial charge is 0.0367 e. The first kappa shape index (κ1) is 15.3. The first-order valence-corrected chi connectivity index (χ1v) is 8.49. The molecule has 2 aliphatic rings. The molecule has 0 bridgehead atoms. The summed E-state index contributed by atoms with van der Waals surface area (Å²) in [6, 6.07) is 0.630. The number of nitrogens with one attached hydrogen (secondary N) is 1. The number of hydrogen-bond donors (Lipinski definition) is 1. The summed E-state index contributed by atoms with van der Waals surface area (Å²) in [5, 5.41) is 3.86. The number of rotatable bonds is 4. The van der Waals surface area contributed by atoms with Crippen molar-refractivity contribution in [3.05, 3.63) is 0 Å². The second kappa shape index (κ2) is 6.13. The molecule has 1 unspecified atom stereocenters. The summed E-state index contributed by atoms with van der Waals surface area (Å²) in [6.45, 7) is 13.3. The number of piperidine rings is 1. The van der Waals surface area contributed by atoms with Crippen LogP contribution in [-0.4, -0.2) is 36.1 Å². The van der Waals surface area contributed by atoms with Gasteiger partial charge < -0.3 is 5.32 Å². The summed E-state index contributed by atoms with van der Waals surface area (Å²) in [5.74, 6) is 0. The van der Waals surface area contributed by atoms with Crippen LogP contribution in [0.25, 0.3) is 0 Å². The average Bonchev–Trinajstić information content (AvgIpc) is 2.86. The molecule has 0 amide bonds. The highest BCUT2D eigenvalue weighted by molar-refractivity contribution is 5.08. The van der Waals surface area contributed by atoms with E-state index in [9.17, 15) is 0 Å². The van der Waals surface area contributed by atoms with Gasteiger partial charge in [0.05, 0.1) is 0 Å². The van der Waals surface area contributed by atoms with E-state index in [0.717, 1.165) is 6.54 Å². The van der Waals surface area contributed by atoms with E-state index in [-0.39, 0.29) is 0 Å². The van der Waals surface area contributed by atoms with Gasteiger partial charge in [0.15, 0.2) is 0 Å². The van der Waals surface area contributed by atoms with Crippen molar-refractivity contribution >= 4 is 0 Å². The lowest BCUT2D eigenvalue weighted by atomic mass is 9.71. The van der Waals surface area contributed by atoms with Gasteiger partial charge in [-0.2, -0.15) is 0 Å².